The van der Waals surface area contributed by atoms with Gasteiger partial charge in [-0.05, 0) is 60.7 Å². The van der Waals surface area contributed by atoms with Crippen molar-refractivity contribution in [3.8, 4) is 17.2 Å². The van der Waals surface area contributed by atoms with E-state index in [0.29, 0.717) is 67.1 Å². The maximum atomic E-state index is 11.8. The fourth-order valence-electron chi connectivity index (χ4n) is 4.99. The first kappa shape index (κ1) is 30.7. The number of hydrogen-bond donors (Lipinski definition) is 1. The number of hydrogen-bond acceptors (Lipinski definition) is 7. The van der Waals surface area contributed by atoms with Gasteiger partial charge in [-0.2, -0.15) is 0 Å². The van der Waals surface area contributed by atoms with E-state index in [4.69, 9.17) is 35.9 Å². The lowest BCUT2D eigenvalue weighted by Gasteiger charge is -2.30. The standard InChI is InChI=1S/C31H34ClN3O7S/c1-34-28-17-26(42-24-13-15-35(16-14-24)43(2,38)39)10-11-27(28)33-30(34)20-40-25-9-5-22(6-12-31(36)37)29(18-25)41-19-21-3-7-23(32)8-4-21/h3-5,7-11,17-18,24H,6,12-16,19-20H2,1-2H3,(H,36,37). The van der Waals surface area contributed by atoms with E-state index >= 15 is 0 Å². The molecule has 0 aliphatic carbocycles. The fourth-order valence-corrected chi connectivity index (χ4v) is 5.99. The van der Waals surface area contributed by atoms with Crippen molar-refractivity contribution in [2.45, 2.75) is 45.0 Å². The topological polar surface area (TPSA) is 120 Å². The summed E-state index contributed by atoms with van der Waals surface area (Å²) in [6.45, 7) is 1.41. The summed E-state index contributed by atoms with van der Waals surface area (Å²) in [5, 5.41) is 9.81. The number of piperidine rings is 1. The molecule has 3 aromatic carbocycles. The zero-order chi connectivity index (χ0) is 30.6. The van der Waals surface area contributed by atoms with E-state index in [1.165, 1.54) is 10.6 Å². The number of halogens is 1. The summed E-state index contributed by atoms with van der Waals surface area (Å²) in [5.74, 6) is 1.67. The molecule has 12 heteroatoms. The Morgan fingerprint density at radius 2 is 1.72 bits per heavy atom. The van der Waals surface area contributed by atoms with E-state index < -0.39 is 16.0 Å². The van der Waals surface area contributed by atoms with Crippen LogP contribution in [0.1, 0.15) is 36.2 Å². The highest BCUT2D eigenvalue weighted by Crippen LogP contribution is 2.29. The Morgan fingerprint density at radius 3 is 2.42 bits per heavy atom. The molecule has 10 nitrogen and oxygen atoms in total. The van der Waals surface area contributed by atoms with E-state index in [9.17, 15) is 13.2 Å². The minimum atomic E-state index is -3.18. The van der Waals surface area contributed by atoms with Crippen molar-refractivity contribution in [1.82, 2.24) is 13.9 Å². The first-order chi connectivity index (χ1) is 20.5. The van der Waals surface area contributed by atoms with Crippen LogP contribution in [0.3, 0.4) is 0 Å². The fraction of sp³-hybridized carbons (Fsp3) is 0.355. The van der Waals surface area contributed by atoms with Crippen LogP contribution in [0, 0.1) is 0 Å². The molecule has 5 rings (SSSR count). The van der Waals surface area contributed by atoms with Gasteiger partial charge in [0.25, 0.3) is 0 Å². The summed E-state index contributed by atoms with van der Waals surface area (Å²) < 4.78 is 45.4. The van der Waals surface area contributed by atoms with Crippen molar-refractivity contribution in [2.24, 2.45) is 7.05 Å². The Hall–Kier alpha value is -3.80. The van der Waals surface area contributed by atoms with Gasteiger partial charge < -0.3 is 23.9 Å². The third kappa shape index (κ3) is 7.98. The summed E-state index contributed by atoms with van der Waals surface area (Å²) in [6, 6.07) is 18.5. The molecule has 0 bridgehead atoms. The van der Waals surface area contributed by atoms with Gasteiger partial charge in [-0.1, -0.05) is 29.8 Å². The highest BCUT2D eigenvalue weighted by atomic mass is 35.5. The summed E-state index contributed by atoms with van der Waals surface area (Å²) in [7, 11) is -1.27. The minimum Gasteiger partial charge on any atom is -0.490 e. The van der Waals surface area contributed by atoms with Crippen LogP contribution in [-0.4, -0.2) is 58.8 Å². The second kappa shape index (κ2) is 13.2. The van der Waals surface area contributed by atoms with Gasteiger partial charge in [0.05, 0.1) is 17.3 Å². The number of ether oxygens (including phenoxy) is 3. The SMILES string of the molecule is Cn1c(COc2ccc(CCC(=O)O)c(OCc3ccc(Cl)cc3)c2)nc2ccc(OC3CCN(S(C)(=O)=O)CC3)cc21. The molecule has 0 amide bonds. The van der Waals surface area contributed by atoms with Crippen molar-refractivity contribution in [2.75, 3.05) is 19.3 Å². The van der Waals surface area contributed by atoms with E-state index in [1.54, 1.807) is 24.3 Å². The second-order valence-electron chi connectivity index (χ2n) is 10.6. The van der Waals surface area contributed by atoms with Gasteiger partial charge in [-0.25, -0.2) is 17.7 Å². The number of imidazole rings is 1. The highest BCUT2D eigenvalue weighted by Gasteiger charge is 2.26. The number of aromatic nitrogens is 2. The number of carboxylic acid groups (broad SMARTS) is 1. The lowest BCUT2D eigenvalue weighted by Crippen LogP contribution is -2.41. The Bertz CT molecular complexity index is 1700. The number of carbonyl (C=O) groups is 1. The number of rotatable bonds is 12. The molecule has 0 unspecified atom stereocenters. The van der Waals surface area contributed by atoms with Crippen LogP contribution in [0.4, 0.5) is 0 Å². The van der Waals surface area contributed by atoms with Crippen molar-refractivity contribution in [3.63, 3.8) is 0 Å². The van der Waals surface area contributed by atoms with Crippen LogP contribution < -0.4 is 14.2 Å². The average molecular weight is 628 g/mol. The Labute approximate surface area is 255 Å². The molecule has 228 valence electrons. The normalized spacial score (nSPS) is 14.6. The average Bonchev–Trinajstić information content (AvgIpc) is 3.29. The number of fused-ring (bicyclic) bond motifs is 1. The summed E-state index contributed by atoms with van der Waals surface area (Å²) in [4.78, 5) is 15.9. The maximum Gasteiger partial charge on any atom is 0.303 e. The predicted octanol–water partition coefficient (Wildman–Crippen LogP) is 5.20. The van der Waals surface area contributed by atoms with Crippen LogP contribution in [0.25, 0.3) is 11.0 Å². The minimum absolute atomic E-state index is 0.0110. The molecule has 2 heterocycles. The number of nitrogens with zero attached hydrogens (tertiary/aromatic N) is 3. The van der Waals surface area contributed by atoms with Gasteiger partial charge in [0.2, 0.25) is 10.0 Å². The molecule has 0 spiro atoms. The zero-order valence-corrected chi connectivity index (χ0v) is 25.6. The molecule has 0 atom stereocenters. The first-order valence-corrected chi connectivity index (χ1v) is 16.2. The Morgan fingerprint density at radius 1 is 1.00 bits per heavy atom. The number of carboxylic acids is 1. The van der Waals surface area contributed by atoms with Gasteiger partial charge in [0.1, 0.15) is 42.4 Å². The van der Waals surface area contributed by atoms with Gasteiger partial charge in [-0.15, -0.1) is 0 Å². The van der Waals surface area contributed by atoms with Gasteiger partial charge >= 0.3 is 5.97 Å². The van der Waals surface area contributed by atoms with E-state index in [0.717, 1.165) is 22.2 Å². The number of benzene rings is 3. The first-order valence-electron chi connectivity index (χ1n) is 14.0. The molecule has 0 radical (unpaired) electrons. The molecule has 1 aliphatic heterocycles. The quantitative estimate of drug-likeness (QED) is 0.227. The number of aryl methyl sites for hydroxylation is 2. The zero-order valence-electron chi connectivity index (χ0n) is 24.0. The third-order valence-electron chi connectivity index (χ3n) is 7.44. The molecular formula is C31H34ClN3O7S. The van der Waals surface area contributed by atoms with E-state index in [2.05, 4.69) is 0 Å². The molecular weight excluding hydrogens is 594 g/mol. The molecule has 4 aromatic rings. The predicted molar refractivity (Wildman–Crippen MR) is 163 cm³/mol. The van der Waals surface area contributed by atoms with Crippen molar-refractivity contribution >= 4 is 38.6 Å². The molecule has 1 fully saturated rings. The number of aliphatic carboxylic acids is 1. The molecule has 1 aliphatic rings. The van der Waals surface area contributed by atoms with Crippen LogP contribution in [0.2, 0.25) is 5.02 Å². The van der Waals surface area contributed by atoms with Crippen molar-refractivity contribution in [3.05, 3.63) is 82.6 Å². The summed E-state index contributed by atoms with van der Waals surface area (Å²) in [6.07, 6.45) is 2.77. The smallest absolute Gasteiger partial charge is 0.303 e. The summed E-state index contributed by atoms with van der Waals surface area (Å²) in [5.41, 5.74) is 3.40. The molecule has 1 saturated heterocycles. The second-order valence-corrected chi connectivity index (χ2v) is 13.0. The van der Waals surface area contributed by atoms with Crippen LogP contribution >= 0.6 is 11.6 Å². The lowest BCUT2D eigenvalue weighted by atomic mass is 10.1. The Kier molecular flexibility index (Phi) is 9.43. The molecule has 1 N–H and O–H groups in total. The van der Waals surface area contributed by atoms with Crippen LogP contribution in [-0.2, 0) is 41.5 Å². The largest absolute Gasteiger partial charge is 0.490 e. The highest BCUT2D eigenvalue weighted by molar-refractivity contribution is 7.88. The van der Waals surface area contributed by atoms with E-state index in [-0.39, 0.29) is 19.1 Å². The molecule has 0 saturated carbocycles. The third-order valence-corrected chi connectivity index (χ3v) is 9.00. The van der Waals surface area contributed by atoms with Crippen molar-refractivity contribution in [1.29, 1.82) is 0 Å². The molecule has 43 heavy (non-hydrogen) atoms. The van der Waals surface area contributed by atoms with Gasteiger partial charge in [-0.3, -0.25) is 4.79 Å². The summed E-state index contributed by atoms with van der Waals surface area (Å²) >= 11 is 5.99. The van der Waals surface area contributed by atoms with Crippen LogP contribution in [0.15, 0.2) is 60.7 Å². The van der Waals surface area contributed by atoms with Crippen LogP contribution in [0.5, 0.6) is 17.2 Å². The number of sulfonamides is 1. The van der Waals surface area contributed by atoms with Crippen molar-refractivity contribution < 1.29 is 32.5 Å². The van der Waals surface area contributed by atoms with E-state index in [1.807, 2.05) is 48.0 Å². The molecule has 1 aromatic heterocycles. The Balaban J connectivity index is 1.25. The van der Waals surface area contributed by atoms with Gasteiger partial charge in [0.15, 0.2) is 0 Å². The lowest BCUT2D eigenvalue weighted by molar-refractivity contribution is -0.136. The maximum absolute atomic E-state index is 11.8. The van der Waals surface area contributed by atoms with Gasteiger partial charge in [0, 0.05) is 43.7 Å². The monoisotopic (exact) mass is 627 g/mol.